The van der Waals surface area contributed by atoms with Gasteiger partial charge in [0.25, 0.3) is 0 Å². The lowest BCUT2D eigenvalue weighted by molar-refractivity contribution is 0.200. The molecule has 1 heterocycles. The highest BCUT2D eigenvalue weighted by atomic mass is 16.6. The normalized spacial score (nSPS) is 23.7. The maximum atomic E-state index is 11.7. The number of rotatable bonds is 4. The molecule has 2 aliphatic rings. The molecule has 1 aromatic rings. The van der Waals surface area contributed by atoms with Crippen molar-refractivity contribution < 1.29 is 9.53 Å². The molecule has 114 valence electrons. The van der Waals surface area contributed by atoms with Gasteiger partial charge >= 0.3 is 6.09 Å². The third kappa shape index (κ3) is 2.77. The fourth-order valence-electron chi connectivity index (χ4n) is 3.71. The lowest BCUT2D eigenvalue weighted by Crippen LogP contribution is -2.30. The van der Waals surface area contributed by atoms with Crippen LogP contribution in [0.5, 0.6) is 5.75 Å². The molecule has 1 aromatic carbocycles. The Balaban J connectivity index is 1.72. The number of likely N-dealkylation sites (N-methyl/N-ethyl adjacent to an activating group) is 1. The minimum Gasteiger partial charge on any atom is -0.410 e. The van der Waals surface area contributed by atoms with E-state index in [4.69, 9.17) is 4.74 Å². The van der Waals surface area contributed by atoms with Gasteiger partial charge in [-0.25, -0.2) is 4.79 Å². The Bertz CT molecular complexity index is 530. The molecule has 0 radical (unpaired) electrons. The van der Waals surface area contributed by atoms with E-state index in [2.05, 4.69) is 29.3 Å². The van der Waals surface area contributed by atoms with Gasteiger partial charge in [-0.2, -0.15) is 0 Å². The van der Waals surface area contributed by atoms with Gasteiger partial charge in [0.05, 0.1) is 0 Å². The van der Waals surface area contributed by atoms with Crippen LogP contribution in [0.2, 0.25) is 0 Å². The van der Waals surface area contributed by atoms with E-state index in [0.717, 1.165) is 19.4 Å². The number of carbonyl (C=O) groups excluding carboxylic acids is 1. The van der Waals surface area contributed by atoms with Crippen molar-refractivity contribution in [3.05, 3.63) is 29.3 Å². The molecule has 0 aromatic heterocycles. The molecule has 0 saturated carbocycles. The second-order valence-corrected chi connectivity index (χ2v) is 5.97. The molecule has 1 saturated heterocycles. The predicted octanol–water partition coefficient (Wildman–Crippen LogP) is 2.92. The molecule has 3 rings (SSSR count). The average molecular weight is 288 g/mol. The van der Waals surface area contributed by atoms with Crippen LogP contribution >= 0.6 is 0 Å². The topological polar surface area (TPSA) is 41.6 Å². The summed E-state index contributed by atoms with van der Waals surface area (Å²) < 4.78 is 5.38. The number of carbonyl (C=O) groups is 1. The van der Waals surface area contributed by atoms with E-state index in [1.165, 1.54) is 24.1 Å². The SMILES string of the molecule is CCCNC(=O)Oc1ccc2c(c1)[C@H]1CCN(CC)[C@H]1C2. The average Bonchev–Trinajstić information content (AvgIpc) is 3.03. The van der Waals surface area contributed by atoms with Gasteiger partial charge < -0.3 is 10.1 Å². The van der Waals surface area contributed by atoms with Crippen LogP contribution < -0.4 is 10.1 Å². The fraction of sp³-hybridized carbons (Fsp3) is 0.588. The van der Waals surface area contributed by atoms with Crippen LogP contribution in [0.25, 0.3) is 0 Å². The summed E-state index contributed by atoms with van der Waals surface area (Å²) in [5.74, 6) is 1.28. The maximum absolute atomic E-state index is 11.7. The highest BCUT2D eigenvalue weighted by molar-refractivity contribution is 5.70. The van der Waals surface area contributed by atoms with Crippen molar-refractivity contribution in [3.63, 3.8) is 0 Å². The van der Waals surface area contributed by atoms with Crippen LogP contribution in [0.1, 0.15) is 43.7 Å². The Morgan fingerprint density at radius 3 is 3.05 bits per heavy atom. The first-order chi connectivity index (χ1) is 10.2. The second kappa shape index (κ2) is 6.06. The van der Waals surface area contributed by atoms with Crippen molar-refractivity contribution in [1.82, 2.24) is 10.2 Å². The lowest BCUT2D eigenvalue weighted by Gasteiger charge is -2.21. The third-order valence-electron chi connectivity index (χ3n) is 4.74. The van der Waals surface area contributed by atoms with Gasteiger partial charge in [-0.15, -0.1) is 0 Å². The molecule has 1 aliphatic heterocycles. The van der Waals surface area contributed by atoms with E-state index in [0.29, 0.717) is 24.3 Å². The Hall–Kier alpha value is -1.55. The number of nitrogens with one attached hydrogen (secondary N) is 1. The number of nitrogens with zero attached hydrogens (tertiary/aromatic N) is 1. The van der Waals surface area contributed by atoms with Crippen molar-refractivity contribution in [2.75, 3.05) is 19.6 Å². The largest absolute Gasteiger partial charge is 0.412 e. The van der Waals surface area contributed by atoms with Gasteiger partial charge in [-0.05, 0) is 55.6 Å². The molecule has 0 unspecified atom stereocenters. The van der Waals surface area contributed by atoms with Crippen molar-refractivity contribution in [2.24, 2.45) is 0 Å². The predicted molar refractivity (Wildman–Crippen MR) is 82.9 cm³/mol. The number of likely N-dealkylation sites (tertiary alicyclic amines) is 1. The van der Waals surface area contributed by atoms with Gasteiger partial charge in [0.1, 0.15) is 5.75 Å². The molecule has 0 spiro atoms. The van der Waals surface area contributed by atoms with Crippen LogP contribution in [0.4, 0.5) is 4.79 Å². The van der Waals surface area contributed by atoms with Gasteiger partial charge in [0.15, 0.2) is 0 Å². The van der Waals surface area contributed by atoms with E-state index >= 15 is 0 Å². The van der Waals surface area contributed by atoms with E-state index < -0.39 is 0 Å². The lowest BCUT2D eigenvalue weighted by atomic mass is 9.98. The van der Waals surface area contributed by atoms with Crippen LogP contribution in [-0.2, 0) is 6.42 Å². The zero-order valence-electron chi connectivity index (χ0n) is 12.9. The summed E-state index contributed by atoms with van der Waals surface area (Å²) in [6.45, 7) is 7.22. The molecular weight excluding hydrogens is 264 g/mol. The van der Waals surface area contributed by atoms with Crippen molar-refractivity contribution in [1.29, 1.82) is 0 Å². The maximum Gasteiger partial charge on any atom is 0.412 e. The third-order valence-corrected chi connectivity index (χ3v) is 4.74. The van der Waals surface area contributed by atoms with Crippen molar-refractivity contribution in [3.8, 4) is 5.75 Å². The number of hydrogen-bond acceptors (Lipinski definition) is 3. The Kier molecular flexibility index (Phi) is 4.15. The van der Waals surface area contributed by atoms with Crippen LogP contribution in [0, 0.1) is 0 Å². The molecule has 2 atom stereocenters. The Morgan fingerprint density at radius 1 is 1.43 bits per heavy atom. The van der Waals surface area contributed by atoms with E-state index in [1.807, 2.05) is 13.0 Å². The summed E-state index contributed by atoms with van der Waals surface area (Å²) in [6.07, 6.45) is 2.91. The summed E-state index contributed by atoms with van der Waals surface area (Å²) >= 11 is 0. The van der Waals surface area contributed by atoms with E-state index in [1.54, 1.807) is 0 Å². The van der Waals surface area contributed by atoms with Crippen LogP contribution in [-0.4, -0.2) is 36.7 Å². The monoisotopic (exact) mass is 288 g/mol. The second-order valence-electron chi connectivity index (χ2n) is 5.97. The van der Waals surface area contributed by atoms with E-state index in [-0.39, 0.29) is 6.09 Å². The summed E-state index contributed by atoms with van der Waals surface area (Å²) in [4.78, 5) is 14.2. The number of benzene rings is 1. The quantitative estimate of drug-likeness (QED) is 0.926. The first-order valence-corrected chi connectivity index (χ1v) is 8.05. The number of amides is 1. The van der Waals surface area contributed by atoms with Gasteiger partial charge in [0, 0.05) is 18.5 Å². The van der Waals surface area contributed by atoms with Crippen molar-refractivity contribution >= 4 is 6.09 Å². The zero-order chi connectivity index (χ0) is 14.8. The standard InChI is InChI=1S/C17H24N2O2/c1-3-8-18-17(20)21-13-6-5-12-10-16-14(15(12)11-13)7-9-19(16)4-2/h5-6,11,14,16H,3-4,7-10H2,1-2H3,(H,18,20)/t14-,16+/m1/s1. The molecule has 1 N–H and O–H groups in total. The summed E-state index contributed by atoms with van der Waals surface area (Å²) in [7, 11) is 0. The van der Waals surface area contributed by atoms with Crippen LogP contribution in [0.3, 0.4) is 0 Å². The molecule has 4 heteroatoms. The highest BCUT2D eigenvalue weighted by Crippen LogP contribution is 2.44. The number of hydrogen-bond donors (Lipinski definition) is 1. The van der Waals surface area contributed by atoms with Gasteiger partial charge in [-0.3, -0.25) is 4.90 Å². The summed E-state index contributed by atoms with van der Waals surface area (Å²) in [6, 6.07) is 6.77. The van der Waals surface area contributed by atoms with Crippen LogP contribution in [0.15, 0.2) is 18.2 Å². The number of fused-ring (bicyclic) bond motifs is 3. The minimum absolute atomic E-state index is 0.354. The van der Waals surface area contributed by atoms with Gasteiger partial charge in [0.2, 0.25) is 0 Å². The van der Waals surface area contributed by atoms with E-state index in [9.17, 15) is 4.79 Å². The van der Waals surface area contributed by atoms with Crippen molar-refractivity contribution in [2.45, 2.75) is 45.1 Å². The first kappa shape index (κ1) is 14.4. The molecule has 1 aliphatic carbocycles. The van der Waals surface area contributed by atoms with Gasteiger partial charge in [-0.1, -0.05) is 19.9 Å². The molecule has 4 nitrogen and oxygen atoms in total. The Morgan fingerprint density at radius 2 is 2.29 bits per heavy atom. The first-order valence-electron chi connectivity index (χ1n) is 8.05. The molecular formula is C17H24N2O2. The fourth-order valence-corrected chi connectivity index (χ4v) is 3.71. The molecule has 1 fully saturated rings. The molecule has 21 heavy (non-hydrogen) atoms. The summed E-state index contributed by atoms with van der Waals surface area (Å²) in [5, 5.41) is 2.74. The smallest absolute Gasteiger partial charge is 0.410 e. The zero-order valence-corrected chi connectivity index (χ0v) is 12.9. The molecule has 0 bridgehead atoms. The summed E-state index contributed by atoms with van der Waals surface area (Å²) in [5.41, 5.74) is 2.81. The minimum atomic E-state index is -0.354. The number of ether oxygens (including phenoxy) is 1. The molecule has 1 amide bonds. The Labute approximate surface area is 126 Å². The highest BCUT2D eigenvalue weighted by Gasteiger charge is 2.40.